The number of benzene rings is 1. The van der Waals surface area contributed by atoms with Crippen LogP contribution in [0.15, 0.2) is 48.2 Å². The van der Waals surface area contributed by atoms with E-state index in [-0.39, 0.29) is 27.9 Å². The highest BCUT2D eigenvalue weighted by molar-refractivity contribution is 7.15. The zero-order chi connectivity index (χ0) is 23.4. The summed E-state index contributed by atoms with van der Waals surface area (Å²) in [6.07, 6.45) is 1.82. The van der Waals surface area contributed by atoms with Crippen LogP contribution in [0.4, 0.5) is 5.13 Å². The number of aryl methyl sites for hydroxylation is 3. The number of anilines is 1. The quantitative estimate of drug-likeness (QED) is 0.272. The lowest BCUT2D eigenvalue weighted by molar-refractivity contribution is -0.132. The smallest absolute Gasteiger partial charge is 0.301 e. The van der Waals surface area contributed by atoms with Crippen molar-refractivity contribution in [2.75, 3.05) is 4.90 Å². The Balaban J connectivity index is 1.78. The number of aliphatic hydroxyl groups excluding tert-OH is 1. The lowest BCUT2D eigenvalue weighted by atomic mass is 9.96. The molecule has 1 aromatic carbocycles. The van der Waals surface area contributed by atoms with Crippen molar-refractivity contribution in [3.05, 3.63) is 75.7 Å². The van der Waals surface area contributed by atoms with Gasteiger partial charge in [-0.15, -0.1) is 10.2 Å². The number of amides is 1. The van der Waals surface area contributed by atoms with E-state index in [0.717, 1.165) is 16.9 Å². The molecule has 2 N–H and O–H groups in total. The average Bonchev–Trinajstić information content (AvgIpc) is 3.43. The first-order valence-electron chi connectivity index (χ1n) is 10.1. The monoisotopic (exact) mass is 461 g/mol. The van der Waals surface area contributed by atoms with Crippen molar-refractivity contribution < 1.29 is 19.8 Å². The molecule has 1 fully saturated rings. The molecule has 1 saturated heterocycles. The molecular weight excluding hydrogens is 442 g/mol. The summed E-state index contributed by atoms with van der Waals surface area (Å²) >= 11 is 1.16. The molecule has 5 rings (SSSR count). The Kier molecular flexibility index (Phi) is 4.75. The van der Waals surface area contributed by atoms with Gasteiger partial charge < -0.3 is 14.6 Å². The number of aromatic nitrogens is 4. The van der Waals surface area contributed by atoms with Crippen molar-refractivity contribution in [2.24, 2.45) is 0 Å². The highest BCUT2D eigenvalue weighted by Crippen LogP contribution is 2.43. The number of hydrogen-bond donors (Lipinski definition) is 2. The van der Waals surface area contributed by atoms with Gasteiger partial charge in [0.05, 0.1) is 17.3 Å². The largest absolute Gasteiger partial charge is 0.508 e. The van der Waals surface area contributed by atoms with Gasteiger partial charge >= 0.3 is 5.91 Å². The summed E-state index contributed by atoms with van der Waals surface area (Å²) in [5, 5.41) is 30.3. The van der Waals surface area contributed by atoms with Crippen LogP contribution >= 0.6 is 11.3 Å². The fraction of sp³-hybridized carbons (Fsp3) is 0.174. The summed E-state index contributed by atoms with van der Waals surface area (Å²) in [5.41, 5.74) is 2.69. The van der Waals surface area contributed by atoms with E-state index >= 15 is 0 Å². The van der Waals surface area contributed by atoms with Gasteiger partial charge in [-0.25, -0.2) is 4.98 Å². The molecule has 0 saturated carbocycles. The number of fused-ring (bicyclic) bond motifs is 1. The second-order valence-electron chi connectivity index (χ2n) is 7.80. The summed E-state index contributed by atoms with van der Waals surface area (Å²) < 4.78 is 1.82. The maximum atomic E-state index is 13.2. The van der Waals surface area contributed by atoms with Gasteiger partial charge in [-0.05, 0) is 50.1 Å². The standard InChI is InChI=1S/C23H19N5O4S/c1-11-6-5-9-27-12(2)17(24-21(11)27)19(30)16-18(14-7-4-8-15(29)10-14)28(22(32)20(16)31)23-26-25-13(3)33-23/h4-10,18,29-30H,1-3H3. The molecule has 3 aromatic heterocycles. The fourth-order valence-electron chi connectivity index (χ4n) is 4.10. The van der Waals surface area contributed by atoms with E-state index in [1.54, 1.807) is 26.0 Å². The van der Waals surface area contributed by atoms with E-state index in [1.807, 2.05) is 29.7 Å². The van der Waals surface area contributed by atoms with Crippen molar-refractivity contribution in [3.8, 4) is 5.75 Å². The van der Waals surface area contributed by atoms with Crippen LogP contribution in [0.1, 0.15) is 33.6 Å². The van der Waals surface area contributed by atoms with E-state index in [1.165, 1.54) is 17.0 Å². The lowest BCUT2D eigenvalue weighted by Gasteiger charge is -2.22. The molecule has 0 radical (unpaired) electrons. The van der Waals surface area contributed by atoms with Crippen LogP contribution in [0.25, 0.3) is 11.4 Å². The molecule has 0 bridgehead atoms. The molecule has 0 spiro atoms. The molecule has 9 nitrogen and oxygen atoms in total. The molecule has 1 aliphatic heterocycles. The summed E-state index contributed by atoms with van der Waals surface area (Å²) in [5.74, 6) is -2.11. The van der Waals surface area contributed by atoms with E-state index in [9.17, 15) is 19.8 Å². The minimum Gasteiger partial charge on any atom is -0.508 e. The topological polar surface area (TPSA) is 121 Å². The van der Waals surface area contributed by atoms with Crippen LogP contribution in [-0.2, 0) is 9.59 Å². The van der Waals surface area contributed by atoms with Gasteiger partial charge in [0, 0.05) is 6.20 Å². The zero-order valence-electron chi connectivity index (χ0n) is 18.0. The number of carbonyl (C=O) groups excluding carboxylic acids is 2. The molecule has 1 unspecified atom stereocenters. The van der Waals surface area contributed by atoms with Gasteiger partial charge in [0.15, 0.2) is 5.76 Å². The number of rotatable bonds is 3. The van der Waals surface area contributed by atoms with Gasteiger partial charge in [0.25, 0.3) is 5.78 Å². The third-order valence-corrected chi connectivity index (χ3v) is 6.50. The van der Waals surface area contributed by atoms with Gasteiger partial charge in [-0.3, -0.25) is 14.5 Å². The number of pyridine rings is 1. The summed E-state index contributed by atoms with van der Waals surface area (Å²) in [6, 6.07) is 8.97. The second kappa shape index (κ2) is 7.52. The normalized spacial score (nSPS) is 17.9. The number of carbonyl (C=O) groups is 2. The molecule has 0 aliphatic carbocycles. The minimum absolute atomic E-state index is 0.0360. The van der Waals surface area contributed by atoms with Crippen molar-refractivity contribution in [3.63, 3.8) is 0 Å². The number of nitrogens with zero attached hydrogens (tertiary/aromatic N) is 5. The van der Waals surface area contributed by atoms with E-state index in [4.69, 9.17) is 0 Å². The third kappa shape index (κ3) is 3.18. The number of Topliss-reactive ketones (excluding diaryl/α,β-unsaturated/α-hetero) is 1. The van der Waals surface area contributed by atoms with Crippen molar-refractivity contribution in [1.82, 2.24) is 19.6 Å². The summed E-state index contributed by atoms with van der Waals surface area (Å²) in [4.78, 5) is 32.1. The second-order valence-corrected chi connectivity index (χ2v) is 8.96. The van der Waals surface area contributed by atoms with Gasteiger partial charge in [0.2, 0.25) is 5.13 Å². The van der Waals surface area contributed by atoms with Crippen LogP contribution in [-0.4, -0.2) is 41.5 Å². The van der Waals surface area contributed by atoms with Crippen LogP contribution < -0.4 is 4.90 Å². The molecular formula is C23H19N5O4S. The number of ketones is 1. The molecule has 1 aliphatic rings. The van der Waals surface area contributed by atoms with Crippen LogP contribution in [0, 0.1) is 20.8 Å². The van der Waals surface area contributed by atoms with Gasteiger partial charge in [0.1, 0.15) is 22.1 Å². The van der Waals surface area contributed by atoms with Crippen LogP contribution in [0.3, 0.4) is 0 Å². The predicted octanol–water partition coefficient (Wildman–Crippen LogP) is 3.44. The Morgan fingerprint density at radius 1 is 1.09 bits per heavy atom. The van der Waals surface area contributed by atoms with E-state index in [0.29, 0.717) is 21.9 Å². The van der Waals surface area contributed by atoms with Crippen LogP contribution in [0.5, 0.6) is 5.75 Å². The highest BCUT2D eigenvalue weighted by Gasteiger charge is 2.48. The fourth-order valence-corrected chi connectivity index (χ4v) is 4.81. The van der Waals surface area contributed by atoms with E-state index in [2.05, 4.69) is 15.2 Å². The highest BCUT2D eigenvalue weighted by atomic mass is 32.1. The molecule has 1 amide bonds. The van der Waals surface area contributed by atoms with Crippen molar-refractivity contribution >= 4 is 39.6 Å². The molecule has 166 valence electrons. The maximum absolute atomic E-state index is 13.2. The first kappa shape index (κ1) is 20.8. The van der Waals surface area contributed by atoms with Gasteiger partial charge in [-0.2, -0.15) is 0 Å². The van der Waals surface area contributed by atoms with Gasteiger partial charge in [-0.1, -0.05) is 29.5 Å². The molecule has 4 heterocycles. The third-order valence-electron chi connectivity index (χ3n) is 5.66. The lowest BCUT2D eigenvalue weighted by Crippen LogP contribution is -2.29. The molecule has 10 heteroatoms. The van der Waals surface area contributed by atoms with Crippen molar-refractivity contribution in [2.45, 2.75) is 26.8 Å². The number of aromatic hydroxyl groups is 1. The molecule has 1 atom stereocenters. The SMILES string of the molecule is Cc1nnc(N2C(=O)C(=O)C(=C(O)c3nc4c(C)cccn4c3C)C2c2cccc(O)c2)s1. The first-order chi connectivity index (χ1) is 15.8. The van der Waals surface area contributed by atoms with E-state index < -0.39 is 17.7 Å². The van der Waals surface area contributed by atoms with Crippen LogP contribution in [0.2, 0.25) is 0 Å². The Labute approximate surface area is 192 Å². The molecule has 33 heavy (non-hydrogen) atoms. The number of hydrogen-bond acceptors (Lipinski definition) is 8. The van der Waals surface area contributed by atoms with Crippen molar-refractivity contribution in [1.29, 1.82) is 0 Å². The predicted molar refractivity (Wildman–Crippen MR) is 122 cm³/mol. The molecule has 4 aromatic rings. The summed E-state index contributed by atoms with van der Waals surface area (Å²) in [7, 11) is 0. The number of phenols is 1. The first-order valence-corrected chi connectivity index (χ1v) is 10.9. The number of phenolic OH excluding ortho intramolecular Hbond substituents is 1. The minimum atomic E-state index is -1.00. The average molecular weight is 462 g/mol. The zero-order valence-corrected chi connectivity index (χ0v) is 18.8. The Morgan fingerprint density at radius 2 is 1.88 bits per heavy atom. The Bertz CT molecular complexity index is 1490. The Morgan fingerprint density at radius 3 is 2.55 bits per heavy atom. The summed E-state index contributed by atoms with van der Waals surface area (Å²) in [6.45, 7) is 5.42. The number of aliphatic hydroxyl groups is 1. The Hall–Kier alpha value is -4.05. The maximum Gasteiger partial charge on any atom is 0.301 e. The number of imidazole rings is 1.